The summed E-state index contributed by atoms with van der Waals surface area (Å²) in [7, 11) is 0. The summed E-state index contributed by atoms with van der Waals surface area (Å²) in [5.41, 5.74) is 0.579. The highest BCUT2D eigenvalue weighted by molar-refractivity contribution is 5.81. The average Bonchev–Trinajstić information content (AvgIpc) is 3.10. The monoisotopic (exact) mass is 356 g/mol. The molecular formula is C20H24N2O4. The Morgan fingerprint density at radius 2 is 2.04 bits per heavy atom. The highest BCUT2D eigenvalue weighted by Gasteiger charge is 2.45. The largest absolute Gasteiger partial charge is 0.481 e. The molecule has 0 spiro atoms. The van der Waals surface area contributed by atoms with Crippen LogP contribution in [0, 0.1) is 11.3 Å². The summed E-state index contributed by atoms with van der Waals surface area (Å²) in [6.07, 6.45) is 1.42. The summed E-state index contributed by atoms with van der Waals surface area (Å²) in [5.74, 6) is -0.506. The summed E-state index contributed by atoms with van der Waals surface area (Å²) >= 11 is 0. The maximum absolute atomic E-state index is 12.3. The van der Waals surface area contributed by atoms with Gasteiger partial charge in [-0.15, -0.1) is 0 Å². The average molecular weight is 356 g/mol. The first-order valence-electron chi connectivity index (χ1n) is 8.94. The van der Waals surface area contributed by atoms with Crippen molar-refractivity contribution >= 4 is 11.9 Å². The topological polar surface area (TPSA) is 83.6 Å². The van der Waals surface area contributed by atoms with Crippen molar-refractivity contribution in [3.63, 3.8) is 0 Å². The smallest absolute Gasteiger partial charge is 0.311 e. The molecule has 1 atom stereocenters. The number of hydrogen-bond donors (Lipinski definition) is 1. The van der Waals surface area contributed by atoms with Gasteiger partial charge in [-0.1, -0.05) is 49.3 Å². The van der Waals surface area contributed by atoms with E-state index in [4.69, 9.17) is 4.52 Å². The zero-order valence-electron chi connectivity index (χ0n) is 15.1. The molecule has 1 aromatic heterocycles. The van der Waals surface area contributed by atoms with E-state index >= 15 is 0 Å². The molecule has 0 saturated carbocycles. The number of hydrogen-bond acceptors (Lipinski definition) is 4. The van der Waals surface area contributed by atoms with Crippen LogP contribution in [0.2, 0.25) is 0 Å². The lowest BCUT2D eigenvalue weighted by atomic mass is 9.76. The molecule has 1 aliphatic heterocycles. The number of carboxylic acid groups (broad SMARTS) is 1. The van der Waals surface area contributed by atoms with Gasteiger partial charge < -0.3 is 14.5 Å². The molecule has 1 fully saturated rings. The number of carbonyl (C=O) groups excluding carboxylic acids is 1. The van der Waals surface area contributed by atoms with E-state index in [0.29, 0.717) is 30.8 Å². The van der Waals surface area contributed by atoms with Crippen molar-refractivity contribution in [1.82, 2.24) is 10.1 Å². The van der Waals surface area contributed by atoms with Gasteiger partial charge in [0.25, 0.3) is 0 Å². The molecule has 1 aliphatic rings. The minimum absolute atomic E-state index is 0.00197. The lowest BCUT2D eigenvalue weighted by Crippen LogP contribution is -2.51. The van der Waals surface area contributed by atoms with Crippen LogP contribution < -0.4 is 0 Å². The molecule has 1 amide bonds. The van der Waals surface area contributed by atoms with E-state index in [1.807, 2.05) is 44.2 Å². The minimum Gasteiger partial charge on any atom is -0.481 e. The van der Waals surface area contributed by atoms with Gasteiger partial charge in [0.1, 0.15) is 11.5 Å². The van der Waals surface area contributed by atoms with Gasteiger partial charge in [-0.3, -0.25) is 9.59 Å². The predicted molar refractivity (Wildman–Crippen MR) is 96.4 cm³/mol. The summed E-state index contributed by atoms with van der Waals surface area (Å²) in [6.45, 7) is 4.49. The van der Waals surface area contributed by atoms with Crippen LogP contribution in [0.25, 0.3) is 11.3 Å². The minimum atomic E-state index is -1.03. The predicted octanol–water partition coefficient (Wildman–Crippen LogP) is 3.23. The zero-order valence-corrected chi connectivity index (χ0v) is 15.1. The molecule has 6 heteroatoms. The van der Waals surface area contributed by atoms with E-state index in [-0.39, 0.29) is 24.8 Å². The third-order valence-electron chi connectivity index (χ3n) is 4.98. The molecule has 1 aromatic carbocycles. The molecule has 0 aliphatic carbocycles. The summed E-state index contributed by atoms with van der Waals surface area (Å²) in [4.78, 5) is 26.1. The van der Waals surface area contributed by atoms with Crippen molar-refractivity contribution in [3.8, 4) is 11.3 Å². The van der Waals surface area contributed by atoms with E-state index in [1.54, 1.807) is 11.0 Å². The third kappa shape index (κ3) is 3.64. The van der Waals surface area contributed by atoms with Crippen LogP contribution in [0.4, 0.5) is 0 Å². The number of aromatic nitrogens is 1. The Labute approximate surface area is 152 Å². The van der Waals surface area contributed by atoms with Crippen molar-refractivity contribution < 1.29 is 19.2 Å². The molecule has 0 bridgehead atoms. The number of aliphatic carboxylic acids is 1. The maximum atomic E-state index is 12.3. The first-order valence-corrected chi connectivity index (χ1v) is 8.94. The molecule has 2 aromatic rings. The number of benzene rings is 1. The van der Waals surface area contributed by atoms with Crippen LogP contribution >= 0.6 is 0 Å². The van der Waals surface area contributed by atoms with Gasteiger partial charge in [-0.05, 0) is 12.8 Å². The van der Waals surface area contributed by atoms with Gasteiger partial charge in [0.15, 0.2) is 0 Å². The van der Waals surface area contributed by atoms with Crippen LogP contribution in [-0.2, 0) is 16.0 Å². The highest BCUT2D eigenvalue weighted by Crippen LogP contribution is 2.35. The van der Waals surface area contributed by atoms with E-state index < -0.39 is 11.4 Å². The zero-order chi connectivity index (χ0) is 18.7. The van der Waals surface area contributed by atoms with Crippen molar-refractivity contribution in [2.24, 2.45) is 11.3 Å². The fraction of sp³-hybridized carbons (Fsp3) is 0.450. The molecule has 2 heterocycles. The van der Waals surface area contributed by atoms with Crippen LogP contribution in [0.5, 0.6) is 0 Å². The number of carboxylic acids is 1. The van der Waals surface area contributed by atoms with E-state index in [1.165, 1.54) is 0 Å². The highest BCUT2D eigenvalue weighted by atomic mass is 16.5. The van der Waals surface area contributed by atoms with Gasteiger partial charge in [0.2, 0.25) is 5.91 Å². The third-order valence-corrected chi connectivity index (χ3v) is 4.98. The molecular weight excluding hydrogens is 332 g/mol. The van der Waals surface area contributed by atoms with Crippen LogP contribution in [-0.4, -0.2) is 40.1 Å². The van der Waals surface area contributed by atoms with E-state index in [2.05, 4.69) is 5.16 Å². The number of likely N-dealkylation sites (tertiary alicyclic amines) is 1. The molecule has 6 nitrogen and oxygen atoms in total. The Hall–Kier alpha value is -2.63. The molecule has 3 rings (SSSR count). The van der Waals surface area contributed by atoms with Crippen molar-refractivity contribution in [1.29, 1.82) is 0 Å². The fourth-order valence-electron chi connectivity index (χ4n) is 3.55. The Morgan fingerprint density at radius 1 is 1.31 bits per heavy atom. The Morgan fingerprint density at radius 3 is 2.69 bits per heavy atom. The summed E-state index contributed by atoms with van der Waals surface area (Å²) in [6, 6.07) is 11.4. The quantitative estimate of drug-likeness (QED) is 0.889. The van der Waals surface area contributed by atoms with E-state index in [0.717, 1.165) is 5.56 Å². The Kier molecular flexibility index (Phi) is 5.11. The van der Waals surface area contributed by atoms with Crippen LogP contribution in [0.15, 0.2) is 40.9 Å². The Balaban J connectivity index is 1.82. The second kappa shape index (κ2) is 7.32. The second-order valence-electron chi connectivity index (χ2n) is 7.32. The van der Waals surface area contributed by atoms with E-state index in [9.17, 15) is 14.7 Å². The normalized spacial score (nSPS) is 20.3. The molecule has 138 valence electrons. The lowest BCUT2D eigenvalue weighted by molar-refractivity contribution is -0.156. The van der Waals surface area contributed by atoms with Crippen LogP contribution in [0.1, 0.15) is 32.4 Å². The molecule has 1 saturated heterocycles. The van der Waals surface area contributed by atoms with Gasteiger partial charge in [0.05, 0.1) is 5.41 Å². The summed E-state index contributed by atoms with van der Waals surface area (Å²) < 4.78 is 5.42. The number of piperidine rings is 1. The lowest BCUT2D eigenvalue weighted by Gasteiger charge is -2.40. The van der Waals surface area contributed by atoms with Gasteiger partial charge in [-0.25, -0.2) is 0 Å². The molecule has 0 radical (unpaired) electrons. The fourth-order valence-corrected chi connectivity index (χ4v) is 3.55. The number of nitrogens with zero attached hydrogens (tertiary/aromatic N) is 2. The van der Waals surface area contributed by atoms with Gasteiger partial charge >= 0.3 is 5.97 Å². The number of rotatable bonds is 5. The van der Waals surface area contributed by atoms with Crippen molar-refractivity contribution in [2.45, 2.75) is 33.1 Å². The van der Waals surface area contributed by atoms with Gasteiger partial charge in [0, 0.05) is 37.1 Å². The number of carbonyl (C=O) groups is 2. The van der Waals surface area contributed by atoms with Crippen molar-refractivity contribution in [3.05, 3.63) is 42.2 Å². The van der Waals surface area contributed by atoms with Gasteiger partial charge in [-0.2, -0.15) is 0 Å². The summed E-state index contributed by atoms with van der Waals surface area (Å²) in [5, 5.41) is 14.0. The second-order valence-corrected chi connectivity index (χ2v) is 7.32. The number of amides is 1. The standard InChI is InChI=1S/C20H24N2O4/c1-14(2)18(23)22-10-6-9-20(13-22,19(24)25)12-16-11-17(21-26-16)15-7-4-3-5-8-15/h3-5,7-8,11,14H,6,9-10,12-13H2,1-2H3,(H,24,25)/t20-/m0/s1. The van der Waals surface area contributed by atoms with Crippen molar-refractivity contribution in [2.75, 3.05) is 13.1 Å². The first kappa shape index (κ1) is 18.2. The Bertz CT molecular complexity index is 784. The molecule has 0 unspecified atom stereocenters. The first-order chi connectivity index (χ1) is 12.4. The molecule has 1 N–H and O–H groups in total. The SMILES string of the molecule is CC(C)C(=O)N1CCC[C@@](Cc2cc(-c3ccccc3)no2)(C(=O)O)C1. The van der Waals surface area contributed by atoms with Crippen LogP contribution in [0.3, 0.4) is 0 Å². The maximum Gasteiger partial charge on any atom is 0.311 e. The molecule has 26 heavy (non-hydrogen) atoms.